The van der Waals surface area contributed by atoms with Gasteiger partial charge in [-0.25, -0.2) is 0 Å². The number of carbonyl (C=O) groups excluding carboxylic acids is 1. The van der Waals surface area contributed by atoms with Crippen LogP contribution in [0.2, 0.25) is 5.02 Å². The lowest BCUT2D eigenvalue weighted by Gasteiger charge is -2.34. The van der Waals surface area contributed by atoms with Crippen LogP contribution in [0.15, 0.2) is 42.5 Å². The third-order valence-electron chi connectivity index (χ3n) is 4.75. The lowest BCUT2D eigenvalue weighted by molar-refractivity contribution is -0.385. The molecule has 1 amide bonds. The zero-order chi connectivity index (χ0) is 20.1. The smallest absolute Gasteiger partial charge is 0.272 e. The molecule has 0 unspecified atom stereocenters. The first-order valence-electron chi connectivity index (χ1n) is 9.05. The zero-order valence-corrected chi connectivity index (χ0v) is 16.4. The Morgan fingerprint density at radius 2 is 1.93 bits per heavy atom. The van der Waals surface area contributed by atoms with Crippen LogP contribution in [0.5, 0.6) is 5.75 Å². The van der Waals surface area contributed by atoms with Crippen molar-refractivity contribution in [2.45, 2.75) is 13.5 Å². The molecule has 0 radical (unpaired) electrons. The largest absolute Gasteiger partial charge is 0.484 e. The van der Waals surface area contributed by atoms with Gasteiger partial charge in [0.2, 0.25) is 0 Å². The Bertz CT molecular complexity index is 866. The van der Waals surface area contributed by atoms with Crippen LogP contribution in [-0.2, 0) is 11.3 Å². The second-order valence-corrected chi connectivity index (χ2v) is 7.22. The Labute approximate surface area is 168 Å². The van der Waals surface area contributed by atoms with Crippen molar-refractivity contribution in [1.29, 1.82) is 0 Å². The van der Waals surface area contributed by atoms with Crippen LogP contribution in [0.1, 0.15) is 11.1 Å². The Kier molecular flexibility index (Phi) is 6.49. The molecular formula is C20H22ClN3O4. The van der Waals surface area contributed by atoms with E-state index in [1.807, 2.05) is 24.3 Å². The summed E-state index contributed by atoms with van der Waals surface area (Å²) in [4.78, 5) is 26.9. The predicted molar refractivity (Wildman–Crippen MR) is 107 cm³/mol. The maximum absolute atomic E-state index is 12.4. The first kappa shape index (κ1) is 20.1. The van der Waals surface area contributed by atoms with Crippen LogP contribution >= 0.6 is 11.6 Å². The first-order valence-corrected chi connectivity index (χ1v) is 9.42. The van der Waals surface area contributed by atoms with Gasteiger partial charge in [0.05, 0.1) is 4.92 Å². The van der Waals surface area contributed by atoms with E-state index in [1.54, 1.807) is 17.9 Å². The van der Waals surface area contributed by atoms with Crippen LogP contribution in [0.4, 0.5) is 5.69 Å². The Morgan fingerprint density at radius 3 is 2.57 bits per heavy atom. The summed E-state index contributed by atoms with van der Waals surface area (Å²) >= 11 is 6.03. The van der Waals surface area contributed by atoms with Gasteiger partial charge in [-0.05, 0) is 36.8 Å². The third kappa shape index (κ3) is 5.21. The number of piperazine rings is 1. The fourth-order valence-corrected chi connectivity index (χ4v) is 3.42. The number of hydrogen-bond donors (Lipinski definition) is 0. The summed E-state index contributed by atoms with van der Waals surface area (Å²) < 4.78 is 5.53. The third-order valence-corrected chi connectivity index (χ3v) is 4.98. The second kappa shape index (κ2) is 9.03. The lowest BCUT2D eigenvalue weighted by atomic mass is 10.2. The van der Waals surface area contributed by atoms with Gasteiger partial charge in [0.15, 0.2) is 6.61 Å². The van der Waals surface area contributed by atoms with Gasteiger partial charge in [-0.2, -0.15) is 0 Å². The number of carbonyl (C=O) groups is 1. The molecule has 1 saturated heterocycles. The maximum Gasteiger partial charge on any atom is 0.272 e. The quantitative estimate of drug-likeness (QED) is 0.546. The van der Waals surface area contributed by atoms with Gasteiger partial charge in [-0.1, -0.05) is 23.7 Å². The molecule has 1 aliphatic heterocycles. The molecule has 0 aliphatic carbocycles. The second-order valence-electron chi connectivity index (χ2n) is 6.78. The molecule has 7 nitrogen and oxygen atoms in total. The van der Waals surface area contributed by atoms with Gasteiger partial charge in [-0.3, -0.25) is 19.8 Å². The number of nitrogens with zero attached hydrogens (tertiary/aromatic N) is 3. The highest BCUT2D eigenvalue weighted by molar-refractivity contribution is 6.30. The standard InChI is InChI=1S/C20H22ClN3O4/c1-15-11-18(5-6-19(15)24(26)27)28-14-20(25)23-9-7-22(8-10-23)13-16-3-2-4-17(21)12-16/h2-6,11-12H,7-10,13-14H2,1H3. The van der Waals surface area contributed by atoms with E-state index in [4.69, 9.17) is 16.3 Å². The SMILES string of the molecule is Cc1cc(OCC(=O)N2CCN(Cc3cccc(Cl)c3)CC2)ccc1[N+](=O)[O-]. The van der Waals surface area contributed by atoms with E-state index in [2.05, 4.69) is 4.90 Å². The molecule has 3 rings (SSSR count). The van der Waals surface area contributed by atoms with Crippen molar-refractivity contribution in [3.8, 4) is 5.75 Å². The van der Waals surface area contributed by atoms with Gasteiger partial charge in [0.1, 0.15) is 5.75 Å². The zero-order valence-electron chi connectivity index (χ0n) is 15.6. The molecule has 148 valence electrons. The van der Waals surface area contributed by atoms with Crippen molar-refractivity contribution >= 4 is 23.2 Å². The molecule has 0 N–H and O–H groups in total. The van der Waals surface area contributed by atoms with E-state index in [0.29, 0.717) is 24.4 Å². The van der Waals surface area contributed by atoms with Crippen LogP contribution < -0.4 is 4.74 Å². The topological polar surface area (TPSA) is 75.9 Å². The summed E-state index contributed by atoms with van der Waals surface area (Å²) in [6.07, 6.45) is 0. The minimum atomic E-state index is -0.437. The fourth-order valence-electron chi connectivity index (χ4n) is 3.21. The summed E-state index contributed by atoms with van der Waals surface area (Å²) in [5, 5.41) is 11.6. The molecule has 0 spiro atoms. The molecule has 0 bridgehead atoms. The number of aryl methyl sites for hydroxylation is 1. The molecule has 2 aromatic rings. The lowest BCUT2D eigenvalue weighted by Crippen LogP contribution is -2.49. The average molecular weight is 404 g/mol. The molecule has 0 atom stereocenters. The summed E-state index contributed by atoms with van der Waals surface area (Å²) in [7, 11) is 0. The van der Waals surface area contributed by atoms with Gasteiger partial charge < -0.3 is 9.64 Å². The highest BCUT2D eigenvalue weighted by Gasteiger charge is 2.21. The molecule has 0 aromatic heterocycles. The van der Waals surface area contributed by atoms with Gasteiger partial charge in [0, 0.05) is 49.4 Å². The number of benzene rings is 2. The highest BCUT2D eigenvalue weighted by Crippen LogP contribution is 2.23. The predicted octanol–water partition coefficient (Wildman–Crippen LogP) is 3.28. The van der Waals surface area contributed by atoms with E-state index in [-0.39, 0.29) is 18.2 Å². The van der Waals surface area contributed by atoms with E-state index < -0.39 is 4.92 Å². The summed E-state index contributed by atoms with van der Waals surface area (Å²) in [5.74, 6) is 0.370. The number of halogens is 1. The number of nitro groups is 1. The Morgan fingerprint density at radius 1 is 1.18 bits per heavy atom. The number of nitro benzene ring substituents is 1. The van der Waals surface area contributed by atoms with Crippen molar-refractivity contribution in [2.75, 3.05) is 32.8 Å². The van der Waals surface area contributed by atoms with Crippen LogP contribution in [0.3, 0.4) is 0 Å². The van der Waals surface area contributed by atoms with Crippen molar-refractivity contribution in [2.24, 2.45) is 0 Å². The van der Waals surface area contributed by atoms with E-state index in [9.17, 15) is 14.9 Å². The van der Waals surface area contributed by atoms with Crippen molar-refractivity contribution < 1.29 is 14.5 Å². The highest BCUT2D eigenvalue weighted by atomic mass is 35.5. The fraction of sp³-hybridized carbons (Fsp3) is 0.350. The number of rotatable bonds is 6. The summed E-state index contributed by atoms with van der Waals surface area (Å²) in [6.45, 7) is 5.23. The Balaban J connectivity index is 1.46. The molecule has 2 aromatic carbocycles. The molecule has 0 saturated carbocycles. The number of ether oxygens (including phenoxy) is 1. The van der Waals surface area contributed by atoms with Crippen LogP contribution in [0.25, 0.3) is 0 Å². The van der Waals surface area contributed by atoms with Crippen LogP contribution in [0, 0.1) is 17.0 Å². The van der Waals surface area contributed by atoms with Gasteiger partial charge >= 0.3 is 0 Å². The van der Waals surface area contributed by atoms with E-state index in [0.717, 1.165) is 30.2 Å². The van der Waals surface area contributed by atoms with E-state index in [1.165, 1.54) is 12.1 Å². The molecular weight excluding hydrogens is 382 g/mol. The van der Waals surface area contributed by atoms with Crippen molar-refractivity contribution in [3.63, 3.8) is 0 Å². The minimum Gasteiger partial charge on any atom is -0.484 e. The monoisotopic (exact) mass is 403 g/mol. The average Bonchev–Trinajstić information content (AvgIpc) is 2.66. The normalized spacial score (nSPS) is 14.7. The van der Waals surface area contributed by atoms with Gasteiger partial charge in [-0.15, -0.1) is 0 Å². The van der Waals surface area contributed by atoms with Crippen LogP contribution in [-0.4, -0.2) is 53.4 Å². The first-order chi connectivity index (χ1) is 13.4. The van der Waals surface area contributed by atoms with Gasteiger partial charge in [0.25, 0.3) is 11.6 Å². The van der Waals surface area contributed by atoms with Crippen molar-refractivity contribution in [1.82, 2.24) is 9.80 Å². The maximum atomic E-state index is 12.4. The molecule has 8 heteroatoms. The molecule has 28 heavy (non-hydrogen) atoms. The summed E-state index contributed by atoms with van der Waals surface area (Å²) in [5.41, 5.74) is 1.70. The number of amides is 1. The van der Waals surface area contributed by atoms with Crippen molar-refractivity contribution in [3.05, 3.63) is 68.7 Å². The molecule has 1 aliphatic rings. The number of hydrogen-bond acceptors (Lipinski definition) is 5. The minimum absolute atomic E-state index is 0.0366. The molecule has 1 heterocycles. The Hall–Kier alpha value is -2.64. The van der Waals surface area contributed by atoms with E-state index >= 15 is 0 Å². The summed E-state index contributed by atoms with van der Waals surface area (Å²) in [6, 6.07) is 12.3. The molecule has 1 fully saturated rings.